The van der Waals surface area contributed by atoms with Gasteiger partial charge in [0.25, 0.3) is 0 Å². The first-order valence-corrected chi connectivity index (χ1v) is 24.2. The first-order chi connectivity index (χ1) is 28.3. The third-order valence-electron chi connectivity index (χ3n) is 11.5. The number of carbonyl (C=O) groups is 1. The van der Waals surface area contributed by atoms with Crippen LogP contribution in [0.15, 0.2) is 36.5 Å². The molecule has 0 aromatic heterocycles. The second kappa shape index (κ2) is 39.5. The monoisotopic (exact) mass is 822 g/mol. The molecule has 1 aliphatic heterocycles. The van der Waals surface area contributed by atoms with Gasteiger partial charge in [0.1, 0.15) is 24.4 Å². The second-order valence-electron chi connectivity index (χ2n) is 16.9. The normalized spacial score (nSPS) is 21.1. The molecule has 1 saturated heterocycles. The molecule has 9 heteroatoms. The van der Waals surface area contributed by atoms with E-state index in [-0.39, 0.29) is 12.5 Å². The Balaban J connectivity index is 2.30. The molecule has 0 aliphatic carbocycles. The number of hydrogen-bond acceptors (Lipinski definition) is 8. The number of hydrogen-bond donors (Lipinski definition) is 6. The van der Waals surface area contributed by atoms with Crippen LogP contribution in [0.5, 0.6) is 0 Å². The number of rotatable bonds is 40. The largest absolute Gasteiger partial charge is 0.394 e. The van der Waals surface area contributed by atoms with Crippen molar-refractivity contribution < 1.29 is 39.8 Å². The molecule has 7 unspecified atom stereocenters. The lowest BCUT2D eigenvalue weighted by Gasteiger charge is -2.40. The quantitative estimate of drug-likeness (QED) is 0.0264. The van der Waals surface area contributed by atoms with E-state index in [1.54, 1.807) is 0 Å². The Morgan fingerprint density at radius 2 is 1.07 bits per heavy atom. The molecular formula is C49H91NO8. The van der Waals surface area contributed by atoms with Crippen molar-refractivity contribution in [1.29, 1.82) is 0 Å². The highest BCUT2D eigenvalue weighted by Crippen LogP contribution is 2.23. The summed E-state index contributed by atoms with van der Waals surface area (Å²) in [4.78, 5) is 13.0. The van der Waals surface area contributed by atoms with Crippen LogP contribution in [-0.4, -0.2) is 87.5 Å². The Morgan fingerprint density at radius 3 is 1.59 bits per heavy atom. The van der Waals surface area contributed by atoms with Crippen LogP contribution in [0.3, 0.4) is 0 Å². The molecule has 1 fully saturated rings. The zero-order valence-electron chi connectivity index (χ0n) is 37.3. The van der Waals surface area contributed by atoms with Crippen LogP contribution in [-0.2, 0) is 14.3 Å². The van der Waals surface area contributed by atoms with Gasteiger partial charge in [-0.1, -0.05) is 198 Å². The van der Waals surface area contributed by atoms with Crippen LogP contribution in [0.2, 0.25) is 0 Å². The fourth-order valence-electron chi connectivity index (χ4n) is 7.65. The number of carbonyl (C=O) groups excluding carboxylic acids is 1. The van der Waals surface area contributed by atoms with Gasteiger partial charge in [-0.05, 0) is 44.9 Å². The SMILES string of the molecule is CC/C=C\C/C=C\C/C=C\CCCCCCCC(=O)NC(COC1OC(CO)C(O)C(O)C1O)C(O)CCCCCCCCCCCCCCCCCCCCCC. The van der Waals surface area contributed by atoms with Crippen molar-refractivity contribution in [3.05, 3.63) is 36.5 Å². The molecule has 0 bridgehead atoms. The van der Waals surface area contributed by atoms with Gasteiger partial charge >= 0.3 is 0 Å². The maximum atomic E-state index is 13.0. The molecule has 0 saturated carbocycles. The molecule has 0 aromatic carbocycles. The minimum absolute atomic E-state index is 0.145. The third-order valence-corrected chi connectivity index (χ3v) is 11.5. The van der Waals surface area contributed by atoms with Gasteiger partial charge < -0.3 is 40.3 Å². The van der Waals surface area contributed by atoms with E-state index in [0.717, 1.165) is 77.0 Å². The van der Waals surface area contributed by atoms with Gasteiger partial charge in [-0.3, -0.25) is 4.79 Å². The molecule has 9 nitrogen and oxygen atoms in total. The summed E-state index contributed by atoms with van der Waals surface area (Å²) in [5.74, 6) is -0.161. The Kier molecular flexibility index (Phi) is 37.1. The minimum atomic E-state index is -1.56. The molecule has 7 atom stereocenters. The average molecular weight is 822 g/mol. The summed E-state index contributed by atoms with van der Waals surface area (Å²) in [7, 11) is 0. The number of allylic oxidation sites excluding steroid dienone is 6. The molecule has 58 heavy (non-hydrogen) atoms. The molecule has 6 N–H and O–H groups in total. The lowest BCUT2D eigenvalue weighted by atomic mass is 9.99. The number of ether oxygens (including phenoxy) is 2. The van der Waals surface area contributed by atoms with E-state index in [4.69, 9.17) is 9.47 Å². The van der Waals surface area contributed by atoms with E-state index in [2.05, 4.69) is 55.6 Å². The minimum Gasteiger partial charge on any atom is -0.394 e. The molecule has 1 heterocycles. The van der Waals surface area contributed by atoms with Crippen LogP contribution >= 0.6 is 0 Å². The smallest absolute Gasteiger partial charge is 0.220 e. The Hall–Kier alpha value is -1.59. The van der Waals surface area contributed by atoms with Gasteiger partial charge in [0.15, 0.2) is 6.29 Å². The summed E-state index contributed by atoms with van der Waals surface area (Å²) < 4.78 is 11.3. The molecule has 0 aromatic rings. The number of aliphatic hydroxyl groups is 5. The standard InChI is InChI=1S/C49H91NO8/c1-3-5-7-9-11-13-15-17-19-20-21-22-23-25-26-28-30-32-34-36-38-43(52)42(41-57-49-48(56)47(55)46(54)44(40-51)58-49)50-45(53)39-37-35-33-31-29-27-24-18-16-14-12-10-8-6-4-2/h6,8,12,14,18,24,42-44,46-49,51-52,54-56H,3-5,7,9-11,13,15-17,19-23,25-41H2,1-2H3,(H,50,53)/b8-6-,14-12-,24-18-. The second-order valence-corrected chi connectivity index (χ2v) is 16.9. The van der Waals surface area contributed by atoms with Gasteiger partial charge in [-0.25, -0.2) is 0 Å². The van der Waals surface area contributed by atoms with E-state index >= 15 is 0 Å². The Labute approximate surface area is 355 Å². The number of unbranched alkanes of at least 4 members (excludes halogenated alkanes) is 24. The van der Waals surface area contributed by atoms with E-state index in [1.807, 2.05) is 0 Å². The lowest BCUT2D eigenvalue weighted by Crippen LogP contribution is -2.60. The number of aliphatic hydroxyl groups excluding tert-OH is 5. The van der Waals surface area contributed by atoms with Gasteiger partial charge in [-0.2, -0.15) is 0 Å². The molecular weight excluding hydrogens is 731 g/mol. The zero-order valence-corrected chi connectivity index (χ0v) is 37.3. The predicted octanol–water partition coefficient (Wildman–Crippen LogP) is 10.5. The molecule has 0 radical (unpaired) electrons. The van der Waals surface area contributed by atoms with Crippen molar-refractivity contribution in [2.24, 2.45) is 0 Å². The summed E-state index contributed by atoms with van der Waals surface area (Å²) in [6, 6.07) is -0.727. The van der Waals surface area contributed by atoms with Gasteiger partial charge in [-0.15, -0.1) is 0 Å². The highest BCUT2D eigenvalue weighted by Gasteiger charge is 2.44. The van der Waals surface area contributed by atoms with Crippen LogP contribution in [0, 0.1) is 0 Å². The van der Waals surface area contributed by atoms with Crippen molar-refractivity contribution in [1.82, 2.24) is 5.32 Å². The summed E-state index contributed by atoms with van der Waals surface area (Å²) >= 11 is 0. The van der Waals surface area contributed by atoms with Crippen LogP contribution in [0.1, 0.15) is 213 Å². The summed E-state index contributed by atoms with van der Waals surface area (Å²) in [5.41, 5.74) is 0. The first-order valence-electron chi connectivity index (χ1n) is 24.2. The summed E-state index contributed by atoms with van der Waals surface area (Å²) in [5, 5.41) is 54.4. The van der Waals surface area contributed by atoms with Gasteiger partial charge in [0, 0.05) is 6.42 Å². The van der Waals surface area contributed by atoms with Crippen molar-refractivity contribution in [2.75, 3.05) is 13.2 Å². The number of nitrogens with one attached hydrogen (secondary N) is 1. The van der Waals surface area contributed by atoms with Crippen molar-refractivity contribution in [3.63, 3.8) is 0 Å². The first kappa shape index (κ1) is 54.4. The molecule has 340 valence electrons. The Morgan fingerprint density at radius 1 is 0.603 bits per heavy atom. The maximum Gasteiger partial charge on any atom is 0.220 e. The Bertz CT molecular complexity index is 1000. The van der Waals surface area contributed by atoms with Crippen LogP contribution in [0.4, 0.5) is 0 Å². The van der Waals surface area contributed by atoms with Crippen LogP contribution < -0.4 is 5.32 Å². The van der Waals surface area contributed by atoms with E-state index in [1.165, 1.54) is 109 Å². The lowest BCUT2D eigenvalue weighted by molar-refractivity contribution is -0.302. The van der Waals surface area contributed by atoms with E-state index < -0.39 is 49.5 Å². The fourth-order valence-corrected chi connectivity index (χ4v) is 7.65. The fraction of sp³-hybridized carbons (Fsp3) is 0.857. The highest BCUT2D eigenvalue weighted by atomic mass is 16.7. The van der Waals surface area contributed by atoms with Crippen molar-refractivity contribution in [3.8, 4) is 0 Å². The third kappa shape index (κ3) is 29.6. The molecule has 0 spiro atoms. The maximum absolute atomic E-state index is 13.0. The van der Waals surface area contributed by atoms with Gasteiger partial charge in [0.2, 0.25) is 5.91 Å². The molecule has 1 amide bonds. The van der Waals surface area contributed by atoms with Crippen molar-refractivity contribution >= 4 is 5.91 Å². The summed E-state index contributed by atoms with van der Waals surface area (Å²) in [6.07, 6.45) is 41.5. The zero-order chi connectivity index (χ0) is 42.3. The van der Waals surface area contributed by atoms with E-state index in [9.17, 15) is 30.3 Å². The topological polar surface area (TPSA) is 149 Å². The summed E-state index contributed by atoms with van der Waals surface area (Å²) in [6.45, 7) is 3.72. The molecule has 1 aliphatic rings. The highest BCUT2D eigenvalue weighted by molar-refractivity contribution is 5.76. The molecule has 1 rings (SSSR count). The van der Waals surface area contributed by atoms with Crippen LogP contribution in [0.25, 0.3) is 0 Å². The average Bonchev–Trinajstić information content (AvgIpc) is 3.22. The number of amides is 1. The predicted molar refractivity (Wildman–Crippen MR) is 240 cm³/mol. The van der Waals surface area contributed by atoms with Gasteiger partial charge in [0.05, 0.1) is 25.4 Å². The van der Waals surface area contributed by atoms with E-state index in [0.29, 0.717) is 12.8 Å². The van der Waals surface area contributed by atoms with Crippen molar-refractivity contribution in [2.45, 2.75) is 256 Å².